The van der Waals surface area contributed by atoms with Crippen molar-refractivity contribution < 1.29 is 14.3 Å². The van der Waals surface area contributed by atoms with Crippen LogP contribution in [0.25, 0.3) is 0 Å². The van der Waals surface area contributed by atoms with E-state index >= 15 is 0 Å². The van der Waals surface area contributed by atoms with Gasteiger partial charge in [-0.3, -0.25) is 14.9 Å². The number of amides is 2. The van der Waals surface area contributed by atoms with Gasteiger partial charge in [-0.25, -0.2) is 0 Å². The summed E-state index contributed by atoms with van der Waals surface area (Å²) in [4.78, 5) is 23.4. The number of benzene rings is 2. The lowest BCUT2D eigenvalue weighted by molar-refractivity contribution is 0.0974. The lowest BCUT2D eigenvalue weighted by Gasteiger charge is -2.11. The van der Waals surface area contributed by atoms with Gasteiger partial charge in [-0.2, -0.15) is 0 Å². The molecule has 142 valence electrons. The second-order valence-electron chi connectivity index (χ2n) is 6.41. The van der Waals surface area contributed by atoms with Gasteiger partial charge in [-0.1, -0.05) is 19.9 Å². The van der Waals surface area contributed by atoms with Crippen LogP contribution in [0.3, 0.4) is 0 Å². The third kappa shape index (κ3) is 6.71. The minimum absolute atomic E-state index is 0.151. The predicted octanol–water partition coefficient (Wildman–Crippen LogP) is 3.34. The molecule has 0 spiro atoms. The van der Waals surface area contributed by atoms with Crippen LogP contribution in [0.15, 0.2) is 48.5 Å². The predicted molar refractivity (Wildman–Crippen MR) is 110 cm³/mol. The summed E-state index contributed by atoms with van der Waals surface area (Å²) in [6, 6.07) is 13.4. The van der Waals surface area contributed by atoms with Gasteiger partial charge in [-0.15, -0.1) is 0 Å². The molecule has 0 aliphatic rings. The first-order valence-electron chi connectivity index (χ1n) is 8.60. The van der Waals surface area contributed by atoms with E-state index in [0.717, 1.165) is 6.42 Å². The summed E-state index contributed by atoms with van der Waals surface area (Å²) in [5, 5.41) is 5.65. The lowest BCUT2D eigenvalue weighted by atomic mass is 10.1. The first-order chi connectivity index (χ1) is 12.8. The summed E-state index contributed by atoms with van der Waals surface area (Å²) in [5.74, 6) is 0.352. The molecule has 0 saturated heterocycles. The van der Waals surface area contributed by atoms with Gasteiger partial charge in [0.05, 0.1) is 6.61 Å². The van der Waals surface area contributed by atoms with Crippen molar-refractivity contribution in [3.8, 4) is 5.75 Å². The molecular formula is C20H23N3O3S. The molecule has 0 atom stereocenters. The van der Waals surface area contributed by atoms with Crippen LogP contribution in [-0.4, -0.2) is 23.5 Å². The SMILES string of the molecule is CC(C)CCOc1cccc(C(=O)NC(=S)Nc2ccc(C(N)=O)cc2)c1. The van der Waals surface area contributed by atoms with Crippen LogP contribution in [0.2, 0.25) is 0 Å². The Kier molecular flexibility index (Phi) is 7.31. The Morgan fingerprint density at radius 3 is 2.44 bits per heavy atom. The third-order valence-corrected chi connectivity index (χ3v) is 3.92. The number of rotatable bonds is 7. The van der Waals surface area contributed by atoms with Crippen LogP contribution in [0.4, 0.5) is 5.69 Å². The Morgan fingerprint density at radius 1 is 1.11 bits per heavy atom. The van der Waals surface area contributed by atoms with Gasteiger partial charge in [0.25, 0.3) is 5.91 Å². The summed E-state index contributed by atoms with van der Waals surface area (Å²) < 4.78 is 5.67. The van der Waals surface area contributed by atoms with Crippen molar-refractivity contribution in [3.05, 3.63) is 59.7 Å². The molecular weight excluding hydrogens is 362 g/mol. The Labute approximate surface area is 164 Å². The van der Waals surface area contributed by atoms with Crippen molar-refractivity contribution in [2.75, 3.05) is 11.9 Å². The van der Waals surface area contributed by atoms with Gasteiger partial charge in [-0.05, 0) is 67.0 Å². The first kappa shape index (κ1) is 20.4. The molecule has 4 N–H and O–H groups in total. The number of ether oxygens (including phenoxy) is 1. The maximum Gasteiger partial charge on any atom is 0.257 e. The maximum atomic E-state index is 12.4. The first-order valence-corrected chi connectivity index (χ1v) is 9.01. The van der Waals surface area contributed by atoms with Crippen molar-refractivity contribution in [1.82, 2.24) is 5.32 Å². The molecule has 2 aromatic carbocycles. The lowest BCUT2D eigenvalue weighted by Crippen LogP contribution is -2.34. The van der Waals surface area contributed by atoms with E-state index in [1.54, 1.807) is 42.5 Å². The number of nitrogens with one attached hydrogen (secondary N) is 2. The monoisotopic (exact) mass is 385 g/mol. The topological polar surface area (TPSA) is 93.4 Å². The molecule has 0 fully saturated rings. The zero-order chi connectivity index (χ0) is 19.8. The van der Waals surface area contributed by atoms with E-state index < -0.39 is 5.91 Å². The average molecular weight is 385 g/mol. The number of primary amides is 1. The number of carbonyl (C=O) groups excluding carboxylic acids is 2. The second-order valence-corrected chi connectivity index (χ2v) is 6.82. The average Bonchev–Trinajstić information content (AvgIpc) is 2.62. The van der Waals surface area contributed by atoms with E-state index in [0.29, 0.717) is 35.1 Å². The Hall–Kier alpha value is -2.93. The molecule has 0 aliphatic carbocycles. The van der Waals surface area contributed by atoms with E-state index in [2.05, 4.69) is 24.5 Å². The van der Waals surface area contributed by atoms with Crippen molar-refractivity contribution in [3.63, 3.8) is 0 Å². The van der Waals surface area contributed by atoms with Gasteiger partial charge in [0, 0.05) is 16.8 Å². The van der Waals surface area contributed by atoms with Crippen molar-refractivity contribution >= 4 is 34.8 Å². The molecule has 0 aliphatic heterocycles. The van der Waals surface area contributed by atoms with E-state index in [4.69, 9.17) is 22.7 Å². The molecule has 2 rings (SSSR count). The minimum atomic E-state index is -0.507. The Balaban J connectivity index is 1.91. The molecule has 7 heteroatoms. The van der Waals surface area contributed by atoms with Crippen LogP contribution in [0, 0.1) is 5.92 Å². The fourth-order valence-corrected chi connectivity index (χ4v) is 2.41. The maximum absolute atomic E-state index is 12.4. The summed E-state index contributed by atoms with van der Waals surface area (Å²) >= 11 is 5.16. The number of thiocarbonyl (C=S) groups is 1. The molecule has 6 nitrogen and oxygen atoms in total. The highest BCUT2D eigenvalue weighted by atomic mass is 32.1. The minimum Gasteiger partial charge on any atom is -0.494 e. The number of hydrogen-bond acceptors (Lipinski definition) is 4. The zero-order valence-electron chi connectivity index (χ0n) is 15.3. The number of carbonyl (C=O) groups is 2. The van der Waals surface area contributed by atoms with Gasteiger partial charge in [0.2, 0.25) is 5.91 Å². The van der Waals surface area contributed by atoms with E-state index in [-0.39, 0.29) is 11.0 Å². The smallest absolute Gasteiger partial charge is 0.257 e. The molecule has 0 radical (unpaired) electrons. The molecule has 0 heterocycles. The third-order valence-electron chi connectivity index (χ3n) is 3.71. The molecule has 0 bridgehead atoms. The second kappa shape index (κ2) is 9.68. The number of nitrogens with two attached hydrogens (primary N) is 1. The molecule has 0 unspecified atom stereocenters. The van der Waals surface area contributed by atoms with Gasteiger partial charge in [0.15, 0.2) is 5.11 Å². The van der Waals surface area contributed by atoms with Crippen molar-refractivity contribution in [2.45, 2.75) is 20.3 Å². The fourth-order valence-electron chi connectivity index (χ4n) is 2.20. The molecule has 27 heavy (non-hydrogen) atoms. The molecule has 2 aromatic rings. The zero-order valence-corrected chi connectivity index (χ0v) is 16.1. The quantitative estimate of drug-likeness (QED) is 0.636. The largest absolute Gasteiger partial charge is 0.494 e. The number of anilines is 1. The highest BCUT2D eigenvalue weighted by molar-refractivity contribution is 7.80. The summed E-state index contributed by atoms with van der Waals surface area (Å²) in [5.41, 5.74) is 6.68. The van der Waals surface area contributed by atoms with Crippen LogP contribution < -0.4 is 21.1 Å². The van der Waals surface area contributed by atoms with E-state index in [1.165, 1.54) is 0 Å². The molecule has 0 aromatic heterocycles. The van der Waals surface area contributed by atoms with Crippen LogP contribution >= 0.6 is 12.2 Å². The van der Waals surface area contributed by atoms with Gasteiger partial charge < -0.3 is 15.8 Å². The van der Waals surface area contributed by atoms with Gasteiger partial charge in [0.1, 0.15) is 5.75 Å². The summed E-state index contributed by atoms with van der Waals surface area (Å²) in [6.45, 7) is 4.86. The highest BCUT2D eigenvalue weighted by Gasteiger charge is 2.10. The van der Waals surface area contributed by atoms with E-state index in [9.17, 15) is 9.59 Å². The van der Waals surface area contributed by atoms with Gasteiger partial charge >= 0.3 is 0 Å². The molecule has 0 saturated carbocycles. The van der Waals surface area contributed by atoms with Crippen LogP contribution in [-0.2, 0) is 0 Å². The summed E-state index contributed by atoms with van der Waals surface area (Å²) in [6.07, 6.45) is 0.943. The van der Waals surface area contributed by atoms with Crippen molar-refractivity contribution in [2.24, 2.45) is 11.7 Å². The number of hydrogen-bond donors (Lipinski definition) is 3. The normalized spacial score (nSPS) is 10.3. The van der Waals surface area contributed by atoms with E-state index in [1.807, 2.05) is 6.07 Å². The Bertz CT molecular complexity index is 819. The highest BCUT2D eigenvalue weighted by Crippen LogP contribution is 2.15. The van der Waals surface area contributed by atoms with Crippen LogP contribution in [0.1, 0.15) is 41.0 Å². The standard InChI is InChI=1S/C20H23N3O3S/c1-13(2)10-11-26-17-5-3-4-15(12-17)19(25)23-20(27)22-16-8-6-14(7-9-16)18(21)24/h3-9,12-13H,10-11H2,1-2H3,(H2,21,24)(H2,22,23,25,27). The van der Waals surface area contributed by atoms with Crippen molar-refractivity contribution in [1.29, 1.82) is 0 Å². The fraction of sp³-hybridized carbons (Fsp3) is 0.250. The molecule has 2 amide bonds. The summed E-state index contributed by atoms with van der Waals surface area (Å²) in [7, 11) is 0. The van der Waals surface area contributed by atoms with Crippen LogP contribution in [0.5, 0.6) is 5.75 Å². The Morgan fingerprint density at radius 2 is 1.81 bits per heavy atom.